The molecule has 8 nitrogen and oxygen atoms in total. The zero-order chi connectivity index (χ0) is 25.0. The van der Waals surface area contributed by atoms with E-state index in [0.717, 1.165) is 12.0 Å². The minimum absolute atomic E-state index is 0.0193. The summed E-state index contributed by atoms with van der Waals surface area (Å²) in [6, 6.07) is 7.88. The highest BCUT2D eigenvalue weighted by molar-refractivity contribution is 5.95. The Morgan fingerprint density at radius 1 is 1.36 bits per heavy atom. The van der Waals surface area contributed by atoms with Gasteiger partial charge in [-0.2, -0.15) is 4.99 Å². The van der Waals surface area contributed by atoms with Gasteiger partial charge in [0.25, 0.3) is 5.91 Å². The van der Waals surface area contributed by atoms with Crippen molar-refractivity contribution in [3.8, 4) is 5.75 Å². The van der Waals surface area contributed by atoms with Crippen LogP contribution < -0.4 is 15.8 Å². The lowest BCUT2D eigenvalue weighted by Crippen LogP contribution is -2.36. The topological polar surface area (TPSA) is 117 Å². The van der Waals surface area contributed by atoms with Crippen molar-refractivity contribution in [3.63, 3.8) is 0 Å². The van der Waals surface area contributed by atoms with Crippen molar-refractivity contribution >= 4 is 18.2 Å². The number of aliphatic hydroxyl groups is 1. The summed E-state index contributed by atoms with van der Waals surface area (Å²) in [7, 11) is 1.73. The Morgan fingerprint density at radius 3 is 2.64 bits per heavy atom. The van der Waals surface area contributed by atoms with Gasteiger partial charge in [-0.1, -0.05) is 26.0 Å². The molecule has 1 unspecified atom stereocenters. The van der Waals surface area contributed by atoms with Crippen molar-refractivity contribution in [1.29, 1.82) is 0 Å². The van der Waals surface area contributed by atoms with Crippen LogP contribution in [0.3, 0.4) is 0 Å². The maximum absolute atomic E-state index is 12.2. The maximum Gasteiger partial charge on any atom is 0.250 e. The van der Waals surface area contributed by atoms with E-state index in [9.17, 15) is 14.7 Å². The molecule has 1 aromatic carbocycles. The Hall–Kier alpha value is -3.13. The fourth-order valence-corrected chi connectivity index (χ4v) is 3.40. The van der Waals surface area contributed by atoms with Crippen LogP contribution in [-0.2, 0) is 16.0 Å². The fraction of sp³-hybridized carbons (Fsp3) is 0.480. The second kappa shape index (κ2) is 13.4. The third kappa shape index (κ3) is 11.3. The predicted octanol–water partition coefficient (Wildman–Crippen LogP) is 2.77. The van der Waals surface area contributed by atoms with Gasteiger partial charge in [0.15, 0.2) is 0 Å². The Bertz CT molecular complexity index is 869. The number of nitrogens with zero attached hydrogens (tertiary/aromatic N) is 2. The number of hydrogen-bond acceptors (Lipinski definition) is 5. The number of benzene rings is 1. The van der Waals surface area contributed by atoms with E-state index in [2.05, 4.69) is 31.1 Å². The first kappa shape index (κ1) is 27.9. The van der Waals surface area contributed by atoms with Crippen molar-refractivity contribution in [2.45, 2.75) is 59.1 Å². The first-order chi connectivity index (χ1) is 15.4. The number of nitrogens with two attached hydrogens (primary N) is 1. The molecule has 0 fully saturated rings. The van der Waals surface area contributed by atoms with Gasteiger partial charge < -0.3 is 25.8 Å². The van der Waals surface area contributed by atoms with E-state index in [1.54, 1.807) is 33.2 Å². The van der Waals surface area contributed by atoms with E-state index in [1.807, 2.05) is 29.2 Å². The first-order valence-electron chi connectivity index (χ1n) is 11.1. The summed E-state index contributed by atoms with van der Waals surface area (Å²) in [6.07, 6.45) is 6.60. The van der Waals surface area contributed by atoms with Crippen LogP contribution in [0.2, 0.25) is 0 Å². The number of nitrogens with one attached hydrogen (secondary N) is 1. The standard InChI is InChI=1S/C20H29NO3.C5H9N3O/c1-14(2)9-15(3)21-13-18(11-19(21)22)24-17-8-6-7-16(10-17)12-20(4,5)23;1-7-3-2-5(6)8-4-9/h6-8,10-11,14-15,23H,9,12-13H2,1-5H3;2-4,7H,1H3,(H2,6,8,9)/b;3-2-. The van der Waals surface area contributed by atoms with Gasteiger partial charge >= 0.3 is 0 Å². The molecule has 33 heavy (non-hydrogen) atoms. The van der Waals surface area contributed by atoms with Crippen LogP contribution in [0.1, 0.15) is 46.6 Å². The molecule has 0 spiro atoms. The van der Waals surface area contributed by atoms with Crippen molar-refractivity contribution in [3.05, 3.63) is 53.9 Å². The Morgan fingerprint density at radius 2 is 2.06 bits per heavy atom. The number of carbonyl (C=O) groups excluding carboxylic acids is 2. The van der Waals surface area contributed by atoms with Gasteiger partial charge in [0.1, 0.15) is 17.3 Å². The van der Waals surface area contributed by atoms with E-state index < -0.39 is 5.60 Å². The molecule has 8 heteroatoms. The Labute approximate surface area is 197 Å². The van der Waals surface area contributed by atoms with E-state index >= 15 is 0 Å². The number of carbonyl (C=O) groups is 2. The molecule has 1 aliphatic rings. The summed E-state index contributed by atoms with van der Waals surface area (Å²) < 4.78 is 5.90. The zero-order valence-corrected chi connectivity index (χ0v) is 20.5. The summed E-state index contributed by atoms with van der Waals surface area (Å²) in [5, 5.41) is 12.6. The largest absolute Gasteiger partial charge is 0.460 e. The summed E-state index contributed by atoms with van der Waals surface area (Å²) in [5.41, 5.74) is 5.41. The van der Waals surface area contributed by atoms with E-state index in [4.69, 9.17) is 10.5 Å². The maximum atomic E-state index is 12.2. The lowest BCUT2D eigenvalue weighted by atomic mass is 9.99. The Balaban J connectivity index is 0.000000513. The summed E-state index contributed by atoms with van der Waals surface area (Å²) >= 11 is 0. The minimum atomic E-state index is -0.760. The number of ether oxygens (including phenoxy) is 1. The number of amidine groups is 1. The highest BCUT2D eigenvalue weighted by Gasteiger charge is 2.27. The summed E-state index contributed by atoms with van der Waals surface area (Å²) in [6.45, 7) is 10.5. The smallest absolute Gasteiger partial charge is 0.250 e. The van der Waals surface area contributed by atoms with E-state index in [0.29, 0.717) is 36.8 Å². The summed E-state index contributed by atoms with van der Waals surface area (Å²) in [5.74, 6) is 2.15. The Kier molecular flexibility index (Phi) is 11.4. The molecule has 1 aromatic rings. The molecule has 0 radical (unpaired) electrons. The predicted molar refractivity (Wildman–Crippen MR) is 132 cm³/mol. The highest BCUT2D eigenvalue weighted by atomic mass is 16.5. The van der Waals surface area contributed by atoms with Gasteiger partial charge in [-0.3, -0.25) is 9.59 Å². The number of hydrogen-bond donors (Lipinski definition) is 3. The number of rotatable bonds is 10. The third-order valence-electron chi connectivity index (χ3n) is 4.64. The van der Waals surface area contributed by atoms with Crippen LogP contribution in [-0.4, -0.2) is 53.4 Å². The highest BCUT2D eigenvalue weighted by Crippen LogP contribution is 2.24. The lowest BCUT2D eigenvalue weighted by molar-refractivity contribution is -0.126. The van der Waals surface area contributed by atoms with Gasteiger partial charge in [-0.05, 0) is 63.1 Å². The lowest BCUT2D eigenvalue weighted by Gasteiger charge is -2.26. The molecule has 182 valence electrons. The molecule has 0 saturated heterocycles. The minimum Gasteiger partial charge on any atom is -0.460 e. The quantitative estimate of drug-likeness (QED) is 0.282. The number of amides is 2. The van der Waals surface area contributed by atoms with Crippen molar-refractivity contribution in [2.75, 3.05) is 13.6 Å². The third-order valence-corrected chi connectivity index (χ3v) is 4.64. The molecule has 4 N–H and O–H groups in total. The van der Waals surface area contributed by atoms with Crippen LogP contribution in [0, 0.1) is 5.92 Å². The molecule has 1 aliphatic heterocycles. The van der Waals surface area contributed by atoms with Gasteiger partial charge in [-0.25, -0.2) is 0 Å². The van der Waals surface area contributed by atoms with E-state index in [1.165, 1.54) is 6.08 Å². The zero-order valence-electron chi connectivity index (χ0n) is 20.5. The van der Waals surface area contributed by atoms with Crippen LogP contribution >= 0.6 is 0 Å². The van der Waals surface area contributed by atoms with Gasteiger partial charge in [-0.15, -0.1) is 0 Å². The van der Waals surface area contributed by atoms with Gasteiger partial charge in [0.2, 0.25) is 6.41 Å². The normalized spacial score (nSPS) is 15.3. The molecule has 0 saturated carbocycles. The molecule has 1 heterocycles. The molecule has 1 atom stereocenters. The van der Waals surface area contributed by atoms with Crippen molar-refractivity contribution < 1.29 is 19.4 Å². The second-order valence-corrected chi connectivity index (χ2v) is 9.08. The molecular weight excluding hydrogens is 420 g/mol. The average Bonchev–Trinajstić information content (AvgIpc) is 3.05. The van der Waals surface area contributed by atoms with E-state index in [-0.39, 0.29) is 17.8 Å². The van der Waals surface area contributed by atoms with Crippen LogP contribution in [0.5, 0.6) is 5.75 Å². The molecule has 0 aromatic heterocycles. The summed E-state index contributed by atoms with van der Waals surface area (Å²) in [4.78, 5) is 27.0. The average molecular weight is 459 g/mol. The number of aliphatic imine (C=N–C) groups is 1. The molecule has 0 bridgehead atoms. The SMILES string of the molecule is CC(C)CC(C)N1CC(Oc2cccc(CC(C)(C)O)c2)=CC1=O.CN/C=C\C(N)=NC=O. The second-order valence-electron chi connectivity index (χ2n) is 9.08. The van der Waals surface area contributed by atoms with Crippen LogP contribution in [0.4, 0.5) is 0 Å². The molecule has 0 aliphatic carbocycles. The van der Waals surface area contributed by atoms with Crippen LogP contribution in [0.25, 0.3) is 0 Å². The van der Waals surface area contributed by atoms with Gasteiger partial charge in [0.05, 0.1) is 12.1 Å². The van der Waals surface area contributed by atoms with Crippen molar-refractivity contribution in [1.82, 2.24) is 10.2 Å². The van der Waals surface area contributed by atoms with Crippen LogP contribution in [0.15, 0.2) is 53.4 Å². The van der Waals surface area contributed by atoms with Gasteiger partial charge in [0, 0.05) is 25.6 Å². The molecular formula is C25H38N4O4. The fourth-order valence-electron chi connectivity index (χ4n) is 3.40. The molecule has 2 rings (SSSR count). The molecule has 2 amide bonds. The first-order valence-corrected chi connectivity index (χ1v) is 11.1. The monoisotopic (exact) mass is 458 g/mol. The van der Waals surface area contributed by atoms with Crippen molar-refractivity contribution in [2.24, 2.45) is 16.6 Å².